The molecular formula is C16H16F3N3O. The van der Waals surface area contributed by atoms with E-state index in [1.807, 2.05) is 4.57 Å². The van der Waals surface area contributed by atoms with E-state index in [1.54, 1.807) is 6.07 Å². The number of nitrogens with zero attached hydrogens (tertiary/aromatic N) is 3. The second kappa shape index (κ2) is 4.20. The van der Waals surface area contributed by atoms with Crippen LogP contribution in [0.5, 0.6) is 6.01 Å². The fourth-order valence-corrected chi connectivity index (χ4v) is 4.49. The quantitative estimate of drug-likeness (QED) is 0.747. The van der Waals surface area contributed by atoms with Gasteiger partial charge in [0.15, 0.2) is 0 Å². The number of hydrogen-bond donors (Lipinski definition) is 0. The molecule has 0 saturated carbocycles. The number of benzene rings is 1. The summed E-state index contributed by atoms with van der Waals surface area (Å²) in [5.74, 6) is 0.468. The van der Waals surface area contributed by atoms with Gasteiger partial charge >= 0.3 is 6.18 Å². The van der Waals surface area contributed by atoms with Gasteiger partial charge in [-0.25, -0.2) is 0 Å². The van der Waals surface area contributed by atoms with Gasteiger partial charge in [-0.15, -0.1) is 0 Å². The number of alkyl halides is 3. The van der Waals surface area contributed by atoms with Gasteiger partial charge in [0.25, 0.3) is 6.01 Å². The largest absolute Gasteiger partial charge is 0.454 e. The highest BCUT2D eigenvalue weighted by molar-refractivity contribution is 5.81. The van der Waals surface area contributed by atoms with E-state index in [9.17, 15) is 13.2 Å². The Labute approximate surface area is 130 Å². The average Bonchev–Trinajstić information content (AvgIpc) is 3.01. The van der Waals surface area contributed by atoms with Crippen LogP contribution < -0.4 is 4.74 Å². The van der Waals surface area contributed by atoms with E-state index in [0.29, 0.717) is 24.0 Å². The first-order valence-corrected chi connectivity index (χ1v) is 7.94. The zero-order valence-corrected chi connectivity index (χ0v) is 12.4. The molecule has 0 amide bonds. The number of imidazole rings is 1. The average molecular weight is 323 g/mol. The first kappa shape index (κ1) is 13.7. The van der Waals surface area contributed by atoms with Gasteiger partial charge in [0.2, 0.25) is 0 Å². The molecular weight excluding hydrogens is 307 g/mol. The summed E-state index contributed by atoms with van der Waals surface area (Å²) in [7, 11) is 0. The molecule has 4 nitrogen and oxygen atoms in total. The number of para-hydroxylation sites is 1. The summed E-state index contributed by atoms with van der Waals surface area (Å²) in [5, 5.41) is 0. The lowest BCUT2D eigenvalue weighted by Gasteiger charge is -2.50. The van der Waals surface area contributed by atoms with E-state index in [-0.39, 0.29) is 11.1 Å². The smallest absolute Gasteiger partial charge is 0.418 e. The molecule has 23 heavy (non-hydrogen) atoms. The molecule has 2 aromatic rings. The fraction of sp³-hybridized carbons (Fsp3) is 0.562. The van der Waals surface area contributed by atoms with Crippen molar-refractivity contribution in [2.75, 3.05) is 19.6 Å². The molecule has 4 aliphatic rings. The summed E-state index contributed by atoms with van der Waals surface area (Å²) in [6.07, 6.45) is -2.21. The number of hydrogen-bond acceptors (Lipinski definition) is 3. The highest BCUT2D eigenvalue weighted by Gasteiger charge is 2.53. The SMILES string of the molecule is FC(F)(F)c1cccc2c1nc1n2C[C@@]2(CN3CCC2CC3)O1. The van der Waals surface area contributed by atoms with Crippen molar-refractivity contribution in [1.29, 1.82) is 0 Å². The van der Waals surface area contributed by atoms with Gasteiger partial charge < -0.3 is 4.74 Å². The van der Waals surface area contributed by atoms with Gasteiger partial charge in [0.1, 0.15) is 11.1 Å². The first-order chi connectivity index (χ1) is 11.0. The van der Waals surface area contributed by atoms with Crippen LogP contribution in [-0.2, 0) is 12.7 Å². The zero-order valence-electron chi connectivity index (χ0n) is 12.4. The third-order valence-electron chi connectivity index (χ3n) is 5.59. The van der Waals surface area contributed by atoms with Crippen LogP contribution in [-0.4, -0.2) is 39.7 Å². The minimum Gasteiger partial charge on any atom is -0.454 e. The van der Waals surface area contributed by atoms with Crippen molar-refractivity contribution in [3.63, 3.8) is 0 Å². The number of fused-ring (bicyclic) bond motifs is 5. The normalized spacial score (nSPS) is 32.5. The van der Waals surface area contributed by atoms with Crippen molar-refractivity contribution >= 4 is 11.0 Å². The number of halogens is 3. The molecule has 2 bridgehead atoms. The number of rotatable bonds is 0. The third-order valence-corrected chi connectivity index (χ3v) is 5.59. The molecule has 5 heterocycles. The van der Waals surface area contributed by atoms with Crippen LogP contribution in [0.2, 0.25) is 0 Å². The maximum Gasteiger partial charge on any atom is 0.418 e. The van der Waals surface area contributed by atoms with Crippen molar-refractivity contribution in [3.8, 4) is 6.01 Å². The van der Waals surface area contributed by atoms with Crippen LogP contribution in [0.25, 0.3) is 11.0 Å². The monoisotopic (exact) mass is 323 g/mol. The second-order valence-electron chi connectivity index (χ2n) is 6.87. The van der Waals surface area contributed by atoms with Gasteiger partial charge in [-0.3, -0.25) is 9.47 Å². The Morgan fingerprint density at radius 1 is 1.17 bits per heavy atom. The molecule has 6 rings (SSSR count). The molecule has 3 saturated heterocycles. The van der Waals surface area contributed by atoms with Crippen molar-refractivity contribution in [2.24, 2.45) is 5.92 Å². The Kier molecular flexibility index (Phi) is 2.49. The summed E-state index contributed by atoms with van der Waals surface area (Å²) in [5.41, 5.74) is -0.487. The van der Waals surface area contributed by atoms with Gasteiger partial charge in [-0.2, -0.15) is 18.2 Å². The Bertz CT molecular complexity index is 792. The van der Waals surface area contributed by atoms with Crippen LogP contribution in [0.4, 0.5) is 13.2 Å². The van der Waals surface area contributed by atoms with Crippen LogP contribution in [0.1, 0.15) is 18.4 Å². The predicted octanol–water partition coefficient (Wildman–Crippen LogP) is 2.91. The van der Waals surface area contributed by atoms with Crippen molar-refractivity contribution in [2.45, 2.75) is 31.2 Å². The molecule has 1 atom stereocenters. The van der Waals surface area contributed by atoms with Crippen molar-refractivity contribution in [3.05, 3.63) is 23.8 Å². The molecule has 0 unspecified atom stereocenters. The fourth-order valence-electron chi connectivity index (χ4n) is 4.49. The standard InChI is InChI=1S/C16H16F3N3O/c17-16(18,19)11-2-1-3-12-13(11)20-14-22(12)9-15(23-14)8-21-6-4-10(15)5-7-21/h1-3,10H,4-9H2/t15-/m1/s1. The molecule has 1 aromatic heterocycles. The Hall–Kier alpha value is -1.76. The predicted molar refractivity (Wildman–Crippen MR) is 77.3 cm³/mol. The van der Waals surface area contributed by atoms with Crippen molar-refractivity contribution in [1.82, 2.24) is 14.5 Å². The Morgan fingerprint density at radius 2 is 1.96 bits per heavy atom. The molecule has 7 heteroatoms. The third kappa shape index (κ3) is 1.80. The van der Waals surface area contributed by atoms with Crippen LogP contribution in [0, 0.1) is 5.92 Å². The van der Waals surface area contributed by atoms with Gasteiger partial charge in [0, 0.05) is 12.5 Å². The highest BCUT2D eigenvalue weighted by atomic mass is 19.4. The minimum absolute atomic E-state index is 0.00822. The van der Waals surface area contributed by atoms with E-state index >= 15 is 0 Å². The van der Waals surface area contributed by atoms with Gasteiger partial charge in [0.05, 0.1) is 17.6 Å². The van der Waals surface area contributed by atoms with E-state index in [4.69, 9.17) is 4.74 Å². The topological polar surface area (TPSA) is 30.3 Å². The molecule has 0 aliphatic carbocycles. The minimum atomic E-state index is -4.40. The lowest BCUT2D eigenvalue weighted by atomic mass is 9.75. The van der Waals surface area contributed by atoms with Gasteiger partial charge in [-0.1, -0.05) is 6.07 Å². The van der Waals surface area contributed by atoms with E-state index in [2.05, 4.69) is 9.88 Å². The summed E-state index contributed by atoms with van der Waals surface area (Å²) < 4.78 is 47.5. The molecule has 4 aliphatic heterocycles. The number of ether oxygens (including phenoxy) is 1. The van der Waals surface area contributed by atoms with Crippen molar-refractivity contribution < 1.29 is 17.9 Å². The summed E-state index contributed by atoms with van der Waals surface area (Å²) in [6, 6.07) is 4.56. The zero-order chi connectivity index (χ0) is 15.8. The summed E-state index contributed by atoms with van der Waals surface area (Å²) in [4.78, 5) is 6.58. The van der Waals surface area contributed by atoms with E-state index < -0.39 is 11.7 Å². The molecule has 3 fully saturated rings. The number of aromatic nitrogens is 2. The molecule has 0 radical (unpaired) electrons. The number of piperidine rings is 3. The summed E-state index contributed by atoms with van der Waals surface area (Å²) >= 11 is 0. The molecule has 122 valence electrons. The lowest BCUT2D eigenvalue weighted by Crippen LogP contribution is -2.61. The van der Waals surface area contributed by atoms with Crippen LogP contribution in [0.15, 0.2) is 18.2 Å². The maximum atomic E-state index is 13.2. The first-order valence-electron chi connectivity index (χ1n) is 7.94. The lowest BCUT2D eigenvalue weighted by molar-refractivity contribution is -0.136. The maximum absolute atomic E-state index is 13.2. The Balaban J connectivity index is 1.60. The second-order valence-corrected chi connectivity index (χ2v) is 6.87. The Morgan fingerprint density at radius 3 is 2.61 bits per heavy atom. The highest BCUT2D eigenvalue weighted by Crippen LogP contribution is 2.46. The van der Waals surface area contributed by atoms with Crippen LogP contribution in [0.3, 0.4) is 0 Å². The van der Waals surface area contributed by atoms with E-state index in [0.717, 1.165) is 38.5 Å². The molecule has 1 spiro atoms. The summed E-state index contributed by atoms with van der Waals surface area (Å²) in [6.45, 7) is 3.64. The molecule has 0 N–H and O–H groups in total. The van der Waals surface area contributed by atoms with Crippen LogP contribution >= 0.6 is 0 Å². The van der Waals surface area contributed by atoms with Gasteiger partial charge in [-0.05, 0) is 38.1 Å². The van der Waals surface area contributed by atoms with E-state index in [1.165, 1.54) is 6.07 Å². The molecule has 1 aromatic carbocycles.